The molecule has 0 radical (unpaired) electrons. The lowest BCUT2D eigenvalue weighted by molar-refractivity contribution is 0.475. The number of hydrogen-bond donors (Lipinski definition) is 2. The van der Waals surface area contributed by atoms with Crippen molar-refractivity contribution in [3.63, 3.8) is 0 Å². The van der Waals surface area contributed by atoms with Gasteiger partial charge in [-0.25, -0.2) is 4.98 Å². The van der Waals surface area contributed by atoms with Crippen LogP contribution in [-0.2, 0) is 6.54 Å². The number of rotatable bonds is 3. The third-order valence-corrected chi connectivity index (χ3v) is 2.73. The fourth-order valence-electron chi connectivity index (χ4n) is 1.88. The summed E-state index contributed by atoms with van der Waals surface area (Å²) in [6.45, 7) is 0.630. The van der Waals surface area contributed by atoms with Crippen molar-refractivity contribution in [3.8, 4) is 5.75 Å². The smallest absolute Gasteiger partial charge is 0.137 e. The zero-order valence-corrected chi connectivity index (χ0v) is 9.74. The highest BCUT2D eigenvalue weighted by Gasteiger charge is 2.00. The Morgan fingerprint density at radius 2 is 2.11 bits per heavy atom. The van der Waals surface area contributed by atoms with Gasteiger partial charge in [0.25, 0.3) is 0 Å². The van der Waals surface area contributed by atoms with Gasteiger partial charge in [-0.3, -0.25) is 0 Å². The number of aromatic nitrogens is 2. The second-order valence-electron chi connectivity index (χ2n) is 4.10. The van der Waals surface area contributed by atoms with Crippen LogP contribution in [0.4, 0.5) is 5.69 Å². The molecule has 4 heteroatoms. The SMILES string of the molecule is Oc1cccc(NCc2cn3ccccc3n2)c1. The number of phenols is 1. The van der Waals surface area contributed by atoms with Crippen LogP contribution in [0.3, 0.4) is 0 Å². The zero-order chi connectivity index (χ0) is 12.4. The molecule has 0 spiro atoms. The highest BCUT2D eigenvalue weighted by Crippen LogP contribution is 2.16. The number of pyridine rings is 1. The van der Waals surface area contributed by atoms with Gasteiger partial charge in [0.05, 0.1) is 12.2 Å². The maximum Gasteiger partial charge on any atom is 0.137 e. The molecular weight excluding hydrogens is 226 g/mol. The van der Waals surface area contributed by atoms with Gasteiger partial charge in [0.15, 0.2) is 0 Å². The average molecular weight is 239 g/mol. The Balaban J connectivity index is 1.76. The first-order valence-electron chi connectivity index (χ1n) is 5.77. The van der Waals surface area contributed by atoms with Gasteiger partial charge in [-0.05, 0) is 24.3 Å². The van der Waals surface area contributed by atoms with Crippen molar-refractivity contribution in [1.29, 1.82) is 0 Å². The first-order valence-corrected chi connectivity index (χ1v) is 5.77. The van der Waals surface area contributed by atoms with E-state index in [4.69, 9.17) is 0 Å². The van der Waals surface area contributed by atoms with Gasteiger partial charge in [0, 0.05) is 24.1 Å². The number of nitrogens with one attached hydrogen (secondary N) is 1. The van der Waals surface area contributed by atoms with E-state index in [0.717, 1.165) is 17.0 Å². The molecule has 0 unspecified atom stereocenters. The molecule has 0 atom stereocenters. The van der Waals surface area contributed by atoms with Crippen LogP contribution < -0.4 is 5.32 Å². The van der Waals surface area contributed by atoms with Crippen LogP contribution in [0.2, 0.25) is 0 Å². The van der Waals surface area contributed by atoms with Gasteiger partial charge < -0.3 is 14.8 Å². The normalized spacial score (nSPS) is 10.7. The van der Waals surface area contributed by atoms with E-state index in [1.807, 2.05) is 41.1 Å². The molecule has 4 nitrogen and oxygen atoms in total. The van der Waals surface area contributed by atoms with Crippen molar-refractivity contribution in [2.75, 3.05) is 5.32 Å². The van der Waals surface area contributed by atoms with Crippen molar-refractivity contribution in [3.05, 3.63) is 60.6 Å². The predicted molar refractivity (Wildman–Crippen MR) is 70.6 cm³/mol. The van der Waals surface area contributed by atoms with E-state index in [9.17, 15) is 5.11 Å². The Morgan fingerprint density at radius 3 is 2.94 bits per heavy atom. The van der Waals surface area contributed by atoms with Crippen molar-refractivity contribution in [2.45, 2.75) is 6.54 Å². The minimum Gasteiger partial charge on any atom is -0.508 e. The second kappa shape index (κ2) is 4.41. The first-order chi connectivity index (χ1) is 8.81. The number of nitrogens with zero attached hydrogens (tertiary/aromatic N) is 2. The highest BCUT2D eigenvalue weighted by atomic mass is 16.3. The van der Waals surface area contributed by atoms with Crippen molar-refractivity contribution in [1.82, 2.24) is 9.38 Å². The van der Waals surface area contributed by atoms with Crippen LogP contribution in [0.15, 0.2) is 54.9 Å². The third kappa shape index (κ3) is 2.13. The number of imidazole rings is 1. The van der Waals surface area contributed by atoms with Crippen LogP contribution in [0.5, 0.6) is 5.75 Å². The molecule has 0 aliphatic carbocycles. The molecule has 90 valence electrons. The molecule has 0 saturated heterocycles. The van der Waals surface area contributed by atoms with Crippen molar-refractivity contribution < 1.29 is 5.11 Å². The molecule has 2 N–H and O–H groups in total. The summed E-state index contributed by atoms with van der Waals surface area (Å²) in [5.74, 6) is 0.259. The zero-order valence-electron chi connectivity index (χ0n) is 9.74. The fourth-order valence-corrected chi connectivity index (χ4v) is 1.88. The van der Waals surface area contributed by atoms with E-state index >= 15 is 0 Å². The van der Waals surface area contributed by atoms with Gasteiger partial charge in [0.1, 0.15) is 11.4 Å². The van der Waals surface area contributed by atoms with Gasteiger partial charge in [0.2, 0.25) is 0 Å². The van der Waals surface area contributed by atoms with Crippen LogP contribution in [0, 0.1) is 0 Å². The van der Waals surface area contributed by atoms with Crippen LogP contribution in [0.25, 0.3) is 5.65 Å². The maximum absolute atomic E-state index is 9.36. The molecule has 0 saturated carbocycles. The molecule has 2 heterocycles. The number of anilines is 1. The Hall–Kier alpha value is -2.49. The van der Waals surface area contributed by atoms with E-state index in [1.165, 1.54) is 0 Å². The molecule has 0 fully saturated rings. The Morgan fingerprint density at radius 1 is 1.17 bits per heavy atom. The van der Waals surface area contributed by atoms with E-state index in [2.05, 4.69) is 10.3 Å². The summed E-state index contributed by atoms with van der Waals surface area (Å²) in [5.41, 5.74) is 2.78. The molecule has 2 aromatic heterocycles. The second-order valence-corrected chi connectivity index (χ2v) is 4.10. The lowest BCUT2D eigenvalue weighted by Crippen LogP contribution is -1.99. The molecule has 0 aliphatic heterocycles. The minimum absolute atomic E-state index is 0.259. The quantitative estimate of drug-likeness (QED) is 0.738. The summed E-state index contributed by atoms with van der Waals surface area (Å²) in [6, 6.07) is 13.0. The summed E-state index contributed by atoms with van der Waals surface area (Å²) in [7, 11) is 0. The largest absolute Gasteiger partial charge is 0.508 e. The van der Waals surface area contributed by atoms with Crippen molar-refractivity contribution in [2.24, 2.45) is 0 Å². The topological polar surface area (TPSA) is 49.6 Å². The Labute approximate surface area is 105 Å². The molecular formula is C14H13N3O. The molecule has 0 bridgehead atoms. The fraction of sp³-hybridized carbons (Fsp3) is 0.0714. The van der Waals surface area contributed by atoms with Gasteiger partial charge >= 0.3 is 0 Å². The summed E-state index contributed by atoms with van der Waals surface area (Å²) in [6.07, 6.45) is 3.96. The molecule has 0 aliphatic rings. The van der Waals surface area contributed by atoms with Gasteiger partial charge in [-0.1, -0.05) is 12.1 Å². The molecule has 3 rings (SSSR count). The lowest BCUT2D eigenvalue weighted by Gasteiger charge is -2.03. The van der Waals surface area contributed by atoms with E-state index in [-0.39, 0.29) is 5.75 Å². The summed E-state index contributed by atoms with van der Waals surface area (Å²) < 4.78 is 1.99. The molecule has 0 amide bonds. The van der Waals surface area contributed by atoms with E-state index in [1.54, 1.807) is 18.2 Å². The highest BCUT2D eigenvalue weighted by molar-refractivity contribution is 5.48. The monoisotopic (exact) mass is 239 g/mol. The number of fused-ring (bicyclic) bond motifs is 1. The Kier molecular flexibility index (Phi) is 2.61. The standard InChI is InChI=1S/C14H13N3O/c18-13-5-3-4-11(8-13)15-9-12-10-17-7-2-1-6-14(17)16-12/h1-8,10,15,18H,9H2. The van der Waals surface area contributed by atoms with Crippen molar-refractivity contribution >= 4 is 11.3 Å². The van der Waals surface area contributed by atoms with Crippen LogP contribution in [-0.4, -0.2) is 14.5 Å². The van der Waals surface area contributed by atoms with Crippen LogP contribution >= 0.6 is 0 Å². The third-order valence-electron chi connectivity index (χ3n) is 2.73. The number of aromatic hydroxyl groups is 1. The van der Waals surface area contributed by atoms with E-state index in [0.29, 0.717) is 6.54 Å². The number of benzene rings is 1. The lowest BCUT2D eigenvalue weighted by atomic mass is 10.3. The first kappa shape index (κ1) is 10.7. The molecule has 3 aromatic rings. The minimum atomic E-state index is 0.259. The predicted octanol–water partition coefficient (Wildman–Crippen LogP) is 2.65. The summed E-state index contributed by atoms with van der Waals surface area (Å²) in [4.78, 5) is 4.49. The number of phenolic OH excluding ortho intramolecular Hbond substituents is 1. The number of hydrogen-bond acceptors (Lipinski definition) is 3. The molecule has 1 aromatic carbocycles. The molecule has 18 heavy (non-hydrogen) atoms. The van der Waals surface area contributed by atoms with Gasteiger partial charge in [-0.15, -0.1) is 0 Å². The summed E-state index contributed by atoms with van der Waals surface area (Å²) in [5, 5.41) is 12.6. The Bertz CT molecular complexity index is 642. The van der Waals surface area contributed by atoms with Crippen LogP contribution in [0.1, 0.15) is 5.69 Å². The van der Waals surface area contributed by atoms with Gasteiger partial charge in [-0.2, -0.15) is 0 Å². The summed E-state index contributed by atoms with van der Waals surface area (Å²) >= 11 is 0. The average Bonchev–Trinajstić information content (AvgIpc) is 2.79. The maximum atomic E-state index is 9.36. The van der Waals surface area contributed by atoms with E-state index < -0.39 is 0 Å².